The van der Waals surface area contributed by atoms with Crippen molar-refractivity contribution in [2.45, 2.75) is 24.5 Å². The third-order valence-electron chi connectivity index (χ3n) is 2.04. The predicted molar refractivity (Wildman–Crippen MR) is 54.5 cm³/mol. The molecule has 108 valence electrons. The molecule has 0 saturated heterocycles. The maximum atomic E-state index is 12.6. The first kappa shape index (κ1) is 16.0. The van der Waals surface area contributed by atoms with Gasteiger partial charge in [-0.3, -0.25) is 0 Å². The average molecular weight is 354 g/mol. The molecule has 19 heavy (non-hydrogen) atoms. The van der Waals surface area contributed by atoms with Crippen molar-refractivity contribution in [3.8, 4) is 5.75 Å². The van der Waals surface area contributed by atoms with E-state index in [9.17, 15) is 26.3 Å². The summed E-state index contributed by atoms with van der Waals surface area (Å²) >= 11 is 2.75. The number of rotatable bonds is 3. The number of aliphatic hydroxyl groups excluding tert-OH is 1. The Morgan fingerprint density at radius 1 is 1.16 bits per heavy atom. The van der Waals surface area contributed by atoms with Crippen LogP contribution in [0, 0.1) is 0 Å². The van der Waals surface area contributed by atoms with Crippen LogP contribution in [0.15, 0.2) is 6.20 Å². The van der Waals surface area contributed by atoms with E-state index >= 15 is 0 Å². The van der Waals surface area contributed by atoms with Crippen molar-refractivity contribution >= 4 is 15.9 Å². The Morgan fingerprint density at radius 2 is 1.74 bits per heavy atom. The average Bonchev–Trinajstić information content (AvgIpc) is 2.24. The van der Waals surface area contributed by atoms with Crippen LogP contribution in [-0.4, -0.2) is 16.5 Å². The molecule has 0 aliphatic carbocycles. The number of ether oxygens (including phenoxy) is 1. The van der Waals surface area contributed by atoms with Crippen LogP contribution in [0.25, 0.3) is 0 Å². The first-order valence-corrected chi connectivity index (χ1v) is 5.72. The quantitative estimate of drug-likeness (QED) is 0.669. The molecule has 3 nitrogen and oxygen atoms in total. The molecule has 0 fully saturated rings. The minimum absolute atomic E-state index is 0.325. The van der Waals surface area contributed by atoms with Crippen LogP contribution in [0.1, 0.15) is 16.8 Å². The molecule has 0 bridgehead atoms. The SMILES string of the molecule is OCc1c(C(F)(F)F)ncc(OC(F)(F)F)c1CBr. The van der Waals surface area contributed by atoms with Crippen LogP contribution in [0.4, 0.5) is 26.3 Å². The lowest BCUT2D eigenvalue weighted by Gasteiger charge is -2.17. The first-order chi connectivity index (χ1) is 8.60. The molecule has 1 rings (SSSR count). The van der Waals surface area contributed by atoms with E-state index in [4.69, 9.17) is 5.11 Å². The molecule has 1 aromatic rings. The summed E-state index contributed by atoms with van der Waals surface area (Å²) in [7, 11) is 0. The number of nitrogens with zero attached hydrogens (tertiary/aromatic N) is 1. The number of halogens is 7. The Kier molecular flexibility index (Phi) is 4.67. The number of hydrogen-bond acceptors (Lipinski definition) is 3. The van der Waals surface area contributed by atoms with Gasteiger partial charge in [0.15, 0.2) is 5.75 Å². The van der Waals surface area contributed by atoms with Crippen LogP contribution in [0.3, 0.4) is 0 Å². The molecule has 0 radical (unpaired) electrons. The van der Waals surface area contributed by atoms with Gasteiger partial charge in [-0.2, -0.15) is 13.2 Å². The second-order valence-electron chi connectivity index (χ2n) is 3.27. The lowest BCUT2D eigenvalue weighted by molar-refractivity contribution is -0.275. The maximum Gasteiger partial charge on any atom is 0.573 e. The minimum atomic E-state index is -5.06. The summed E-state index contributed by atoms with van der Waals surface area (Å²) in [5.41, 5.74) is -2.66. The van der Waals surface area contributed by atoms with Crippen molar-refractivity contribution in [3.63, 3.8) is 0 Å². The van der Waals surface area contributed by atoms with E-state index in [0.717, 1.165) is 0 Å². The fourth-order valence-electron chi connectivity index (χ4n) is 1.34. The lowest BCUT2D eigenvalue weighted by Crippen LogP contribution is -2.20. The molecule has 0 spiro atoms. The van der Waals surface area contributed by atoms with E-state index in [1.165, 1.54) is 0 Å². The molecule has 1 heterocycles. The molecule has 0 aliphatic heterocycles. The zero-order valence-electron chi connectivity index (χ0n) is 8.94. The Bertz CT molecular complexity index is 459. The Balaban J connectivity index is 3.39. The van der Waals surface area contributed by atoms with Gasteiger partial charge in [0, 0.05) is 16.5 Å². The van der Waals surface area contributed by atoms with Crippen molar-refractivity contribution in [3.05, 3.63) is 23.0 Å². The maximum absolute atomic E-state index is 12.6. The lowest BCUT2D eigenvalue weighted by atomic mass is 10.1. The van der Waals surface area contributed by atoms with Crippen molar-refractivity contribution < 1.29 is 36.2 Å². The van der Waals surface area contributed by atoms with E-state index in [2.05, 4.69) is 25.7 Å². The highest BCUT2D eigenvalue weighted by atomic mass is 79.9. The minimum Gasteiger partial charge on any atom is -0.404 e. The van der Waals surface area contributed by atoms with Gasteiger partial charge in [0.2, 0.25) is 0 Å². The molecule has 1 N–H and O–H groups in total. The molecule has 0 saturated carbocycles. The summed E-state index contributed by atoms with van der Waals surface area (Å²) in [6.45, 7) is -1.11. The van der Waals surface area contributed by atoms with Gasteiger partial charge in [-0.05, 0) is 0 Å². The van der Waals surface area contributed by atoms with Gasteiger partial charge >= 0.3 is 12.5 Å². The largest absolute Gasteiger partial charge is 0.573 e. The normalized spacial score (nSPS) is 12.6. The first-order valence-electron chi connectivity index (χ1n) is 4.60. The number of hydrogen-bond donors (Lipinski definition) is 1. The van der Waals surface area contributed by atoms with E-state index in [-0.39, 0.29) is 5.33 Å². The van der Waals surface area contributed by atoms with Gasteiger partial charge in [0.1, 0.15) is 5.69 Å². The summed E-state index contributed by atoms with van der Waals surface area (Å²) in [5.74, 6) is -0.888. The van der Waals surface area contributed by atoms with Gasteiger partial charge in [0.05, 0.1) is 12.8 Å². The van der Waals surface area contributed by atoms with Gasteiger partial charge in [-0.15, -0.1) is 13.2 Å². The smallest absolute Gasteiger partial charge is 0.404 e. The molecule has 1 aromatic heterocycles. The zero-order chi connectivity index (χ0) is 14.8. The summed E-state index contributed by atoms with van der Waals surface area (Å²) in [4.78, 5) is 2.88. The fraction of sp³-hybridized carbons (Fsp3) is 0.444. The number of aliphatic hydroxyl groups is 1. The van der Waals surface area contributed by atoms with Crippen LogP contribution in [0.5, 0.6) is 5.75 Å². The van der Waals surface area contributed by atoms with Crippen molar-refractivity contribution in [2.75, 3.05) is 0 Å². The molecule has 0 atom stereocenters. The van der Waals surface area contributed by atoms with Gasteiger partial charge in [-0.25, -0.2) is 4.98 Å². The van der Waals surface area contributed by atoms with Gasteiger partial charge < -0.3 is 9.84 Å². The summed E-state index contributed by atoms with van der Waals surface area (Å²) < 4.78 is 77.5. The Morgan fingerprint density at radius 3 is 2.11 bits per heavy atom. The molecule has 0 unspecified atom stereocenters. The summed E-state index contributed by atoms with van der Waals surface area (Å²) in [5, 5.41) is 8.56. The molecular weight excluding hydrogens is 348 g/mol. The van der Waals surface area contributed by atoms with Crippen molar-refractivity contribution in [1.82, 2.24) is 4.98 Å². The second-order valence-corrected chi connectivity index (χ2v) is 3.83. The summed E-state index contributed by atoms with van der Waals surface area (Å²) in [6, 6.07) is 0. The van der Waals surface area contributed by atoms with Gasteiger partial charge in [0.25, 0.3) is 0 Å². The third-order valence-corrected chi connectivity index (χ3v) is 2.61. The molecule has 10 heteroatoms. The van der Waals surface area contributed by atoms with Gasteiger partial charge in [-0.1, -0.05) is 15.9 Å². The Labute approximate surface area is 111 Å². The third kappa shape index (κ3) is 3.96. The fourth-order valence-corrected chi connectivity index (χ4v) is 1.96. The second kappa shape index (κ2) is 5.53. The number of aromatic nitrogens is 1. The zero-order valence-corrected chi connectivity index (χ0v) is 10.5. The topological polar surface area (TPSA) is 42.4 Å². The van der Waals surface area contributed by atoms with Crippen molar-refractivity contribution in [2.24, 2.45) is 0 Å². The van der Waals surface area contributed by atoms with Crippen LogP contribution < -0.4 is 4.74 Å². The highest BCUT2D eigenvalue weighted by Gasteiger charge is 2.38. The highest BCUT2D eigenvalue weighted by Crippen LogP contribution is 2.37. The highest BCUT2D eigenvalue weighted by molar-refractivity contribution is 9.08. The van der Waals surface area contributed by atoms with E-state index in [1.807, 2.05) is 0 Å². The van der Waals surface area contributed by atoms with Crippen LogP contribution in [0.2, 0.25) is 0 Å². The van der Waals surface area contributed by atoms with Crippen LogP contribution in [-0.2, 0) is 18.1 Å². The monoisotopic (exact) mass is 353 g/mol. The molecule has 0 aromatic carbocycles. The van der Waals surface area contributed by atoms with E-state index in [0.29, 0.717) is 6.20 Å². The van der Waals surface area contributed by atoms with Crippen LogP contribution >= 0.6 is 15.9 Å². The molecule has 0 aliphatic rings. The summed E-state index contributed by atoms with van der Waals surface area (Å²) in [6.07, 6.45) is -9.62. The predicted octanol–water partition coefficient (Wildman–Crippen LogP) is 3.39. The standard InChI is InChI=1S/C9H6BrF6NO2/c10-1-4-5(3-18)7(8(11,12)13)17-2-6(4)19-9(14,15)16/h2,18H,1,3H2. The number of alkyl halides is 7. The van der Waals surface area contributed by atoms with E-state index in [1.54, 1.807) is 0 Å². The number of pyridine rings is 1. The van der Waals surface area contributed by atoms with Crippen molar-refractivity contribution in [1.29, 1.82) is 0 Å². The molecule has 0 amide bonds. The molecular formula is C9H6BrF6NO2. The Hall–Kier alpha value is -1.03. The van der Waals surface area contributed by atoms with E-state index < -0.39 is 41.7 Å².